The van der Waals surface area contributed by atoms with Gasteiger partial charge in [0.25, 0.3) is 0 Å². The normalized spacial score (nSPS) is 37.0. The molecule has 0 radical (unpaired) electrons. The van der Waals surface area contributed by atoms with E-state index < -0.39 is 5.97 Å². The van der Waals surface area contributed by atoms with Gasteiger partial charge in [0.2, 0.25) is 0 Å². The van der Waals surface area contributed by atoms with Crippen LogP contribution in [-0.2, 0) is 19.1 Å². The third kappa shape index (κ3) is 6.71. The summed E-state index contributed by atoms with van der Waals surface area (Å²) < 4.78 is 12.1. The molecular weight excluding hydrogens is 520 g/mol. The average Bonchev–Trinajstić information content (AvgIpc) is 3.29. The Morgan fingerprint density at radius 3 is 2.33 bits per heavy atom. The molecule has 4 rings (SSSR count). The van der Waals surface area contributed by atoms with Crippen molar-refractivity contribution in [2.45, 2.75) is 124 Å². The zero-order valence-electron chi connectivity index (χ0n) is 26.7. The minimum absolute atomic E-state index is 0.0193. The van der Waals surface area contributed by atoms with E-state index in [2.05, 4.69) is 76.1 Å². The van der Waals surface area contributed by atoms with Gasteiger partial charge in [0.15, 0.2) is 0 Å². The Labute approximate surface area is 255 Å². The number of carbonyl (C=O) groups excluding carboxylic acids is 2. The van der Waals surface area contributed by atoms with Crippen molar-refractivity contribution < 1.29 is 19.1 Å². The van der Waals surface area contributed by atoms with Gasteiger partial charge in [-0.1, -0.05) is 53.9 Å². The smallest absolute Gasteiger partial charge is 0.385 e. The zero-order valence-corrected chi connectivity index (χ0v) is 26.7. The fourth-order valence-electron chi connectivity index (χ4n) is 10.0. The number of carbonyl (C=O) groups is 2. The Balaban J connectivity index is 1.47. The van der Waals surface area contributed by atoms with E-state index in [1.54, 1.807) is 6.92 Å². The Kier molecular flexibility index (Phi) is 10.4. The molecule has 42 heavy (non-hydrogen) atoms. The summed E-state index contributed by atoms with van der Waals surface area (Å²) in [6.07, 6.45) is 17.4. The van der Waals surface area contributed by atoms with Crippen molar-refractivity contribution in [1.82, 2.24) is 0 Å². The lowest BCUT2D eigenvalue weighted by Crippen LogP contribution is -2.59. The van der Waals surface area contributed by atoms with Crippen LogP contribution >= 0.6 is 0 Å². The molecule has 0 aromatic heterocycles. The fraction of sp³-hybridized carbons (Fsp3) is 0.737. The van der Waals surface area contributed by atoms with Crippen molar-refractivity contribution in [1.29, 1.82) is 0 Å². The SMILES string of the molecule is C#CC#CC#CC#CC(=O)O[C@@H]1CC[C@]2(C)C3C[C@H](OC(C)=O)[C@@]4(C)C(CC[C@@H]4[C@H](C)CCCC(C)C)C3CC[C@@H]2C1. The molecular formula is C38H50O4. The van der Waals surface area contributed by atoms with Crippen LogP contribution in [0.2, 0.25) is 0 Å². The Bertz CT molecular complexity index is 1240. The summed E-state index contributed by atoms with van der Waals surface area (Å²) in [5, 5.41) is 0. The average molecular weight is 571 g/mol. The predicted octanol–water partition coefficient (Wildman–Crippen LogP) is 7.20. The minimum Gasteiger partial charge on any atom is -0.462 e. The highest BCUT2D eigenvalue weighted by Gasteiger charge is 2.65. The molecule has 4 heteroatoms. The van der Waals surface area contributed by atoms with E-state index >= 15 is 0 Å². The van der Waals surface area contributed by atoms with Crippen LogP contribution in [0, 0.1) is 100 Å². The van der Waals surface area contributed by atoms with Gasteiger partial charge in [0.1, 0.15) is 12.2 Å². The molecule has 0 bridgehead atoms. The number of fused-ring (bicyclic) bond motifs is 5. The maximum Gasteiger partial charge on any atom is 0.385 e. The summed E-state index contributed by atoms with van der Waals surface area (Å²) >= 11 is 0. The van der Waals surface area contributed by atoms with Gasteiger partial charge >= 0.3 is 11.9 Å². The van der Waals surface area contributed by atoms with Crippen LogP contribution in [0.25, 0.3) is 0 Å². The highest BCUT2D eigenvalue weighted by Crippen LogP contribution is 2.69. The van der Waals surface area contributed by atoms with E-state index in [-0.39, 0.29) is 29.0 Å². The van der Waals surface area contributed by atoms with Crippen molar-refractivity contribution in [2.24, 2.45) is 52.3 Å². The first-order valence-corrected chi connectivity index (χ1v) is 16.3. The van der Waals surface area contributed by atoms with Crippen LogP contribution in [0.5, 0.6) is 0 Å². The third-order valence-corrected chi connectivity index (χ3v) is 12.0. The summed E-state index contributed by atoms with van der Waals surface area (Å²) in [5.41, 5.74) is 0.216. The summed E-state index contributed by atoms with van der Waals surface area (Å²) in [6.45, 7) is 13.6. The molecule has 0 aromatic carbocycles. The van der Waals surface area contributed by atoms with Gasteiger partial charge in [-0.05, 0) is 134 Å². The highest BCUT2D eigenvalue weighted by molar-refractivity contribution is 5.89. The second-order valence-corrected chi connectivity index (χ2v) is 14.5. The molecule has 4 aliphatic carbocycles. The van der Waals surface area contributed by atoms with Crippen molar-refractivity contribution >= 4 is 11.9 Å². The molecule has 3 unspecified atom stereocenters. The molecule has 4 aliphatic rings. The van der Waals surface area contributed by atoms with Gasteiger partial charge in [-0.3, -0.25) is 4.79 Å². The molecule has 0 spiro atoms. The molecule has 4 fully saturated rings. The second kappa shape index (κ2) is 13.7. The Morgan fingerprint density at radius 2 is 1.62 bits per heavy atom. The predicted molar refractivity (Wildman–Crippen MR) is 166 cm³/mol. The third-order valence-electron chi connectivity index (χ3n) is 12.0. The van der Waals surface area contributed by atoms with E-state index in [9.17, 15) is 9.59 Å². The van der Waals surface area contributed by atoms with Crippen LogP contribution in [0.15, 0.2) is 0 Å². The number of ether oxygens (including phenoxy) is 2. The van der Waals surface area contributed by atoms with Crippen molar-refractivity contribution in [2.75, 3.05) is 0 Å². The maximum atomic E-state index is 12.5. The number of hydrogen-bond acceptors (Lipinski definition) is 4. The van der Waals surface area contributed by atoms with Gasteiger partial charge < -0.3 is 9.47 Å². The van der Waals surface area contributed by atoms with Crippen LogP contribution in [0.3, 0.4) is 0 Å². The molecule has 0 heterocycles. The van der Waals surface area contributed by atoms with Crippen LogP contribution < -0.4 is 0 Å². The molecule has 0 N–H and O–H groups in total. The number of terminal acetylenes is 1. The summed E-state index contributed by atoms with van der Waals surface area (Å²) in [4.78, 5) is 24.8. The van der Waals surface area contributed by atoms with Crippen LogP contribution in [0.1, 0.15) is 112 Å². The molecule has 0 aliphatic heterocycles. The molecule has 4 nitrogen and oxygen atoms in total. The monoisotopic (exact) mass is 570 g/mol. The van der Waals surface area contributed by atoms with Crippen molar-refractivity contribution in [3.63, 3.8) is 0 Å². The van der Waals surface area contributed by atoms with E-state index in [1.165, 1.54) is 44.9 Å². The molecule has 4 saturated carbocycles. The molecule has 0 saturated heterocycles. The lowest BCUT2D eigenvalue weighted by Gasteiger charge is -2.62. The van der Waals surface area contributed by atoms with Gasteiger partial charge in [-0.2, -0.15) is 0 Å². The maximum absolute atomic E-state index is 12.5. The van der Waals surface area contributed by atoms with Gasteiger partial charge in [0.05, 0.1) is 0 Å². The largest absolute Gasteiger partial charge is 0.462 e. The molecule has 0 aromatic rings. The summed E-state index contributed by atoms with van der Waals surface area (Å²) in [7, 11) is 0. The molecule has 10 atom stereocenters. The lowest BCUT2D eigenvalue weighted by molar-refractivity contribution is -0.197. The fourth-order valence-corrected chi connectivity index (χ4v) is 10.0. The number of hydrogen-bond donors (Lipinski definition) is 0. The van der Waals surface area contributed by atoms with E-state index in [0.717, 1.165) is 31.6 Å². The van der Waals surface area contributed by atoms with E-state index in [0.29, 0.717) is 35.5 Å². The molecule has 0 amide bonds. The highest BCUT2D eigenvalue weighted by atomic mass is 16.5. The summed E-state index contributed by atoms with van der Waals surface area (Å²) in [6, 6.07) is 0. The van der Waals surface area contributed by atoms with Gasteiger partial charge in [-0.15, -0.1) is 6.42 Å². The first kappa shape index (κ1) is 32.1. The second-order valence-electron chi connectivity index (χ2n) is 14.5. The van der Waals surface area contributed by atoms with Crippen molar-refractivity contribution in [3.05, 3.63) is 0 Å². The Hall–Kier alpha value is -2.82. The molecule has 226 valence electrons. The van der Waals surface area contributed by atoms with Gasteiger partial charge in [-0.25, -0.2) is 4.79 Å². The zero-order chi connectivity index (χ0) is 30.5. The quantitative estimate of drug-likeness (QED) is 0.184. The standard InChI is InChI=1S/C38H50O4/c1-8-9-10-11-12-13-17-36(40)42-30-22-23-37(6)29(24-30)18-19-31-33-21-20-32(27(4)16-14-15-26(2)3)38(33,7)35(25-34(31)37)41-28(5)39/h1,26-27,29-35H,14-16,18-25H2,2-7H3/t27-,29-,30-,31?,32-,33?,34?,35+,37+,38-/m1/s1. The van der Waals surface area contributed by atoms with Crippen LogP contribution in [-0.4, -0.2) is 24.1 Å². The first-order valence-electron chi connectivity index (χ1n) is 16.3. The minimum atomic E-state index is -0.528. The van der Waals surface area contributed by atoms with Crippen LogP contribution in [0.4, 0.5) is 0 Å². The van der Waals surface area contributed by atoms with Gasteiger partial charge in [0, 0.05) is 18.3 Å². The first-order chi connectivity index (χ1) is 20.0. The van der Waals surface area contributed by atoms with E-state index in [4.69, 9.17) is 15.9 Å². The number of rotatable bonds is 7. The number of esters is 2. The summed E-state index contributed by atoms with van der Waals surface area (Å²) in [5.74, 6) is 20.7. The van der Waals surface area contributed by atoms with E-state index in [1.807, 2.05) is 0 Å². The topological polar surface area (TPSA) is 52.6 Å². The lowest BCUT2D eigenvalue weighted by atomic mass is 9.43. The Morgan fingerprint density at radius 1 is 0.881 bits per heavy atom. The van der Waals surface area contributed by atoms with Crippen molar-refractivity contribution in [3.8, 4) is 47.9 Å².